The maximum atomic E-state index is 2.82. The second-order valence-corrected chi connectivity index (χ2v) is 7.94. The van der Waals surface area contributed by atoms with Crippen molar-refractivity contribution in [3.63, 3.8) is 0 Å². The molecule has 0 aromatic carbocycles. The Morgan fingerprint density at radius 2 is 1.30 bits per heavy atom. The van der Waals surface area contributed by atoms with Gasteiger partial charge in [0.15, 0.2) is 0 Å². The molecule has 120 valence electrons. The Morgan fingerprint density at radius 3 is 1.75 bits per heavy atom. The minimum atomic E-state index is 0.489. The molecule has 0 radical (unpaired) electrons. The maximum absolute atomic E-state index is 2.82. The van der Waals surface area contributed by atoms with Crippen molar-refractivity contribution in [1.82, 2.24) is 4.90 Å². The number of thioether (sulfide) groups is 1. The van der Waals surface area contributed by atoms with Crippen LogP contribution < -0.4 is 0 Å². The van der Waals surface area contributed by atoms with E-state index in [9.17, 15) is 0 Å². The van der Waals surface area contributed by atoms with Gasteiger partial charge >= 0.3 is 0 Å². The second kappa shape index (κ2) is 11.0. The predicted octanol–water partition coefficient (Wildman–Crippen LogP) is 5.73. The van der Waals surface area contributed by atoms with Crippen molar-refractivity contribution in [3.05, 3.63) is 0 Å². The van der Waals surface area contributed by atoms with Crippen LogP contribution in [0.5, 0.6) is 0 Å². The SMILES string of the molecule is CCCCCCC(C)(CCCCCC)N1CCSCC1. The van der Waals surface area contributed by atoms with Crippen LogP contribution in [0, 0.1) is 0 Å². The zero-order valence-electron chi connectivity index (χ0n) is 14.3. The van der Waals surface area contributed by atoms with Crippen LogP contribution >= 0.6 is 11.8 Å². The van der Waals surface area contributed by atoms with Crippen LogP contribution in [0.3, 0.4) is 0 Å². The molecule has 0 aliphatic carbocycles. The Kier molecular flexibility index (Phi) is 10.1. The third-order valence-corrected chi connectivity index (χ3v) is 5.85. The molecule has 0 spiro atoms. The lowest BCUT2D eigenvalue weighted by atomic mass is 9.86. The first-order valence-electron chi connectivity index (χ1n) is 9.05. The summed E-state index contributed by atoms with van der Waals surface area (Å²) in [5.74, 6) is 2.69. The minimum Gasteiger partial charge on any atom is -0.296 e. The van der Waals surface area contributed by atoms with Gasteiger partial charge < -0.3 is 0 Å². The molecule has 0 aromatic rings. The van der Waals surface area contributed by atoms with E-state index in [2.05, 4.69) is 37.4 Å². The zero-order valence-corrected chi connectivity index (χ0v) is 15.1. The Morgan fingerprint density at radius 1 is 0.800 bits per heavy atom. The fourth-order valence-electron chi connectivity index (χ4n) is 3.41. The van der Waals surface area contributed by atoms with Gasteiger partial charge in [-0.2, -0.15) is 11.8 Å². The summed E-state index contributed by atoms with van der Waals surface area (Å²) >= 11 is 2.14. The van der Waals surface area contributed by atoms with Crippen molar-refractivity contribution in [1.29, 1.82) is 0 Å². The van der Waals surface area contributed by atoms with Crippen molar-refractivity contribution in [3.8, 4) is 0 Å². The van der Waals surface area contributed by atoms with E-state index in [0.717, 1.165) is 0 Å². The van der Waals surface area contributed by atoms with Crippen LogP contribution in [-0.2, 0) is 0 Å². The molecule has 0 atom stereocenters. The minimum absolute atomic E-state index is 0.489. The number of unbranched alkanes of at least 4 members (excludes halogenated alkanes) is 6. The lowest BCUT2D eigenvalue weighted by Crippen LogP contribution is -2.50. The first-order valence-corrected chi connectivity index (χ1v) is 10.2. The monoisotopic (exact) mass is 299 g/mol. The van der Waals surface area contributed by atoms with Crippen molar-refractivity contribution in [2.75, 3.05) is 24.6 Å². The summed E-state index contributed by atoms with van der Waals surface area (Å²) in [5, 5.41) is 0. The highest BCUT2D eigenvalue weighted by Gasteiger charge is 2.31. The molecule has 0 bridgehead atoms. The van der Waals surface area contributed by atoms with Crippen molar-refractivity contribution in [2.45, 2.75) is 90.5 Å². The lowest BCUT2D eigenvalue weighted by molar-refractivity contribution is 0.0911. The average molecular weight is 300 g/mol. The van der Waals surface area contributed by atoms with E-state index < -0.39 is 0 Å². The van der Waals surface area contributed by atoms with E-state index in [4.69, 9.17) is 0 Å². The molecule has 0 N–H and O–H groups in total. The summed E-state index contributed by atoms with van der Waals surface area (Å²) in [4.78, 5) is 2.82. The highest BCUT2D eigenvalue weighted by Crippen LogP contribution is 2.31. The van der Waals surface area contributed by atoms with Crippen molar-refractivity contribution in [2.24, 2.45) is 0 Å². The second-order valence-electron chi connectivity index (χ2n) is 6.72. The molecule has 1 aliphatic heterocycles. The van der Waals surface area contributed by atoms with Gasteiger partial charge in [0.25, 0.3) is 0 Å². The van der Waals surface area contributed by atoms with E-state index in [-0.39, 0.29) is 0 Å². The smallest absolute Gasteiger partial charge is 0.0182 e. The molecule has 0 amide bonds. The number of hydrogen-bond acceptors (Lipinski definition) is 2. The van der Waals surface area contributed by atoms with E-state index in [1.54, 1.807) is 0 Å². The highest BCUT2D eigenvalue weighted by molar-refractivity contribution is 7.99. The summed E-state index contributed by atoms with van der Waals surface area (Å²) in [7, 11) is 0. The summed E-state index contributed by atoms with van der Waals surface area (Å²) < 4.78 is 0. The molecule has 0 saturated carbocycles. The first kappa shape index (κ1) is 18.4. The molecule has 20 heavy (non-hydrogen) atoms. The standard InChI is InChI=1S/C18H37NS/c1-4-6-8-10-12-18(3,13-11-9-7-5-2)19-14-16-20-17-15-19/h4-17H2,1-3H3. The Labute approximate surface area is 132 Å². The molecule has 1 rings (SSSR count). The largest absolute Gasteiger partial charge is 0.296 e. The molecule has 0 unspecified atom stereocenters. The average Bonchev–Trinajstić information content (AvgIpc) is 2.49. The number of nitrogens with zero attached hydrogens (tertiary/aromatic N) is 1. The maximum Gasteiger partial charge on any atom is 0.0182 e. The predicted molar refractivity (Wildman–Crippen MR) is 94.8 cm³/mol. The summed E-state index contributed by atoms with van der Waals surface area (Å²) in [5.41, 5.74) is 0.489. The van der Waals surface area contributed by atoms with Gasteiger partial charge in [0.2, 0.25) is 0 Å². The summed E-state index contributed by atoms with van der Waals surface area (Å²) in [6, 6.07) is 0. The quantitative estimate of drug-likeness (QED) is 0.448. The Hall–Kier alpha value is 0.310. The van der Waals surface area contributed by atoms with Gasteiger partial charge in [0.05, 0.1) is 0 Å². The fourth-order valence-corrected chi connectivity index (χ4v) is 4.31. The van der Waals surface area contributed by atoms with Gasteiger partial charge in [0, 0.05) is 30.1 Å². The van der Waals surface area contributed by atoms with E-state index in [1.165, 1.54) is 88.8 Å². The molecule has 1 nitrogen and oxygen atoms in total. The molecule has 1 saturated heterocycles. The normalized spacial score (nSPS) is 17.6. The topological polar surface area (TPSA) is 3.24 Å². The zero-order chi connectivity index (χ0) is 14.7. The van der Waals surface area contributed by atoms with Gasteiger partial charge in [-0.3, -0.25) is 4.90 Å². The fraction of sp³-hybridized carbons (Fsp3) is 1.00. The summed E-state index contributed by atoms with van der Waals surface area (Å²) in [6.45, 7) is 9.82. The molecule has 2 heteroatoms. The third-order valence-electron chi connectivity index (χ3n) is 4.91. The molecular formula is C18H37NS. The van der Waals surface area contributed by atoms with Gasteiger partial charge in [-0.1, -0.05) is 65.2 Å². The molecular weight excluding hydrogens is 262 g/mol. The first-order chi connectivity index (χ1) is 9.73. The molecule has 0 aromatic heterocycles. The van der Waals surface area contributed by atoms with Gasteiger partial charge in [0.1, 0.15) is 0 Å². The van der Waals surface area contributed by atoms with Crippen LogP contribution in [0.2, 0.25) is 0 Å². The number of rotatable bonds is 11. The van der Waals surface area contributed by atoms with Crippen molar-refractivity contribution >= 4 is 11.8 Å². The highest BCUT2D eigenvalue weighted by atomic mass is 32.2. The van der Waals surface area contributed by atoms with Crippen LogP contribution in [0.1, 0.15) is 85.0 Å². The van der Waals surface area contributed by atoms with Crippen LogP contribution in [0.25, 0.3) is 0 Å². The Balaban J connectivity index is 2.42. The van der Waals surface area contributed by atoms with E-state index in [0.29, 0.717) is 5.54 Å². The van der Waals surface area contributed by atoms with E-state index in [1.807, 2.05) is 0 Å². The van der Waals surface area contributed by atoms with Crippen molar-refractivity contribution < 1.29 is 0 Å². The van der Waals surface area contributed by atoms with E-state index >= 15 is 0 Å². The van der Waals surface area contributed by atoms with Gasteiger partial charge in [-0.25, -0.2) is 0 Å². The molecule has 1 fully saturated rings. The lowest BCUT2D eigenvalue weighted by Gasteiger charge is -2.44. The van der Waals surface area contributed by atoms with Gasteiger partial charge in [-0.15, -0.1) is 0 Å². The number of hydrogen-bond donors (Lipinski definition) is 0. The summed E-state index contributed by atoms with van der Waals surface area (Å²) in [6.07, 6.45) is 14.1. The van der Waals surface area contributed by atoms with Gasteiger partial charge in [-0.05, 0) is 19.8 Å². The van der Waals surface area contributed by atoms with Crippen LogP contribution in [-0.4, -0.2) is 35.0 Å². The Bertz CT molecular complexity index is 211. The van der Waals surface area contributed by atoms with Crippen LogP contribution in [0.4, 0.5) is 0 Å². The molecule has 1 aliphatic rings. The third kappa shape index (κ3) is 6.85. The van der Waals surface area contributed by atoms with Crippen LogP contribution in [0.15, 0.2) is 0 Å². The molecule has 1 heterocycles.